The van der Waals surface area contributed by atoms with E-state index in [4.69, 9.17) is 26.7 Å². The number of nitrogens with one attached hydrogen (secondary N) is 8. The molecule has 1 saturated heterocycles. The number of pyridine rings is 2. The standard InChI is InChI=1S/C61H69N11O13S2/c1-6-8-25-62-58(80)65-41-16-12-18-43(29-41)87(82,83)70-42-17-11-15-37(28-42)47(31-50(73)74)68-59(81)64-39-21-23-40(24-22-39)66-60(86)63-35(5)54(76)71-26-13-20-48(71)53(75)69-51(34(3)4)56(78)85-61(7-2)45-30-49-52-38(27-36-14-9-10-19-46(36)67-52)32-72(49)55(77)44(45)33-84-57(61)79/h9-12,14-17,19,21-24,27-30,34-35,43,47-48,51,70H,6-8,13,18,20,25-26,31-33H2,1-5H3,(H,69,75)(H,73,74)(H2,62,65,80)(H2,63,66,86)(H2,64,68,81)/t35-,43?,47?,48-,51-,61-/m0/s1. The molecule has 5 aromatic rings. The molecule has 24 nitrogen and oxygen atoms in total. The number of amides is 6. The average molecular weight is 1230 g/mol. The maximum absolute atomic E-state index is 14.4. The molecule has 3 aliphatic heterocycles. The molecule has 2 aromatic heterocycles. The van der Waals surface area contributed by atoms with Crippen LogP contribution in [0.15, 0.2) is 114 Å². The lowest BCUT2D eigenvalue weighted by Gasteiger charge is -2.37. The Kier molecular flexibility index (Phi) is 19.1. The molecule has 0 radical (unpaired) electrons. The number of sulfonamides is 1. The zero-order valence-corrected chi connectivity index (χ0v) is 50.2. The fourth-order valence-corrected chi connectivity index (χ4v) is 12.6. The van der Waals surface area contributed by atoms with Crippen LogP contribution in [0.3, 0.4) is 0 Å². The van der Waals surface area contributed by atoms with E-state index in [0.717, 1.165) is 29.3 Å². The number of para-hydroxylation sites is 1. The molecule has 1 aliphatic carbocycles. The molecule has 9 N–H and O–H groups in total. The molecule has 87 heavy (non-hydrogen) atoms. The molecule has 0 saturated carbocycles. The fraction of sp³-hybridized carbons (Fsp3) is 0.377. The van der Waals surface area contributed by atoms with E-state index in [0.29, 0.717) is 53.4 Å². The predicted octanol–water partition coefficient (Wildman–Crippen LogP) is 6.53. The highest BCUT2D eigenvalue weighted by molar-refractivity contribution is 7.93. The number of carbonyl (C=O) groups excluding carboxylic acids is 6. The number of unbranched alkanes of at least 4 members (excludes halogenated alkanes) is 1. The van der Waals surface area contributed by atoms with Crippen molar-refractivity contribution >= 4 is 97.1 Å². The fourth-order valence-electron chi connectivity index (χ4n) is 11.0. The highest BCUT2D eigenvalue weighted by Gasteiger charge is 2.52. The van der Waals surface area contributed by atoms with Gasteiger partial charge in [-0.1, -0.05) is 70.5 Å². The number of fused-ring (bicyclic) bond motifs is 5. The number of likely N-dealkylation sites (tertiary alicyclic amines) is 1. The van der Waals surface area contributed by atoms with Gasteiger partial charge in [0, 0.05) is 52.4 Å². The quantitative estimate of drug-likeness (QED) is 0.0210. The normalized spacial score (nSPS) is 18.5. The van der Waals surface area contributed by atoms with Crippen molar-refractivity contribution in [2.45, 2.75) is 128 Å². The minimum atomic E-state index is -4.06. The SMILES string of the molecule is CCCCNC(=O)NC1=CC(S(=O)(=O)Nc2cccc(C(CC(=O)O)NC(=O)Nc3ccc(NC(=S)N[C@@H](C)C(=O)N4CCC[C@H]4C(=O)N[C@H](C(=O)O[C@]4(CC)C(=O)OCc5c4cc4n(c5=O)Cc5cc6ccccc6nc5-4)C(C)C)cc3)c2)CC=C1. The summed E-state index contributed by atoms with van der Waals surface area (Å²) in [7, 11) is -4.06. The number of hydrogen-bond donors (Lipinski definition) is 9. The molecule has 458 valence electrons. The summed E-state index contributed by atoms with van der Waals surface area (Å²) in [5, 5.41) is 29.1. The van der Waals surface area contributed by atoms with Crippen molar-refractivity contribution in [1.82, 2.24) is 41.0 Å². The number of hydrogen-bond acceptors (Lipinski definition) is 14. The number of aromatic nitrogens is 2. The van der Waals surface area contributed by atoms with Crippen LogP contribution in [0.25, 0.3) is 22.3 Å². The molecule has 5 heterocycles. The van der Waals surface area contributed by atoms with Gasteiger partial charge in [0.2, 0.25) is 27.4 Å². The lowest BCUT2D eigenvalue weighted by molar-refractivity contribution is -0.191. The summed E-state index contributed by atoms with van der Waals surface area (Å²) in [6, 6.07) is 18.0. The van der Waals surface area contributed by atoms with Crippen molar-refractivity contribution in [3.63, 3.8) is 0 Å². The second-order valence-corrected chi connectivity index (χ2v) is 24.4. The summed E-state index contributed by atoms with van der Waals surface area (Å²) in [5.41, 5.74) is 2.06. The van der Waals surface area contributed by atoms with Crippen LogP contribution < -0.4 is 47.5 Å². The first kappa shape index (κ1) is 62.4. The number of esters is 2. The van der Waals surface area contributed by atoms with E-state index >= 15 is 0 Å². The lowest BCUT2D eigenvalue weighted by atomic mass is 9.85. The molecule has 6 amide bonds. The van der Waals surface area contributed by atoms with Gasteiger partial charge >= 0.3 is 30.0 Å². The molecular weight excluding hydrogens is 1160 g/mol. The van der Waals surface area contributed by atoms with Gasteiger partial charge in [-0.25, -0.2) is 32.6 Å². The number of nitrogens with zero attached hydrogens (tertiary/aromatic N) is 3. The number of carboxylic acids is 1. The third kappa shape index (κ3) is 14.1. The number of benzene rings is 3. The number of ether oxygens (including phenoxy) is 2. The predicted molar refractivity (Wildman–Crippen MR) is 328 cm³/mol. The van der Waals surface area contributed by atoms with Crippen molar-refractivity contribution < 1.29 is 56.6 Å². The summed E-state index contributed by atoms with van der Waals surface area (Å²) in [5.74, 6) is -4.62. The molecule has 9 rings (SSSR count). The van der Waals surface area contributed by atoms with Crippen LogP contribution in [-0.2, 0) is 62.2 Å². The van der Waals surface area contributed by atoms with Crippen molar-refractivity contribution in [2.75, 3.05) is 28.4 Å². The number of cyclic esters (lactones) is 1. The number of rotatable bonds is 21. The number of carboxylic acid groups (broad SMARTS) is 1. The van der Waals surface area contributed by atoms with E-state index in [9.17, 15) is 51.9 Å². The van der Waals surface area contributed by atoms with Crippen LogP contribution in [0.4, 0.5) is 26.7 Å². The number of allylic oxidation sites excluding steroid dienone is 2. The first-order valence-electron chi connectivity index (χ1n) is 28.8. The van der Waals surface area contributed by atoms with Gasteiger partial charge in [-0.05, 0) is 129 Å². The van der Waals surface area contributed by atoms with Crippen molar-refractivity contribution in [2.24, 2.45) is 5.92 Å². The Balaban J connectivity index is 0.778. The van der Waals surface area contributed by atoms with E-state index < -0.39 is 105 Å². The maximum atomic E-state index is 14.4. The number of carbonyl (C=O) groups is 7. The molecular formula is C61H69N11O13S2. The zero-order valence-electron chi connectivity index (χ0n) is 48.6. The van der Waals surface area contributed by atoms with Crippen LogP contribution in [0.2, 0.25) is 0 Å². The second kappa shape index (κ2) is 26.6. The van der Waals surface area contributed by atoms with Crippen LogP contribution in [-0.4, -0.2) is 111 Å². The summed E-state index contributed by atoms with van der Waals surface area (Å²) < 4.78 is 42.9. The Morgan fingerprint density at radius 1 is 0.885 bits per heavy atom. The number of thiocarbonyl (C=S) groups is 1. The highest BCUT2D eigenvalue weighted by Crippen LogP contribution is 2.41. The Bertz CT molecular complexity index is 3800. The second-order valence-electron chi connectivity index (χ2n) is 22.1. The van der Waals surface area contributed by atoms with Gasteiger partial charge in [-0.2, -0.15) is 0 Å². The summed E-state index contributed by atoms with van der Waals surface area (Å²) >= 11 is 5.56. The Morgan fingerprint density at radius 3 is 2.36 bits per heavy atom. The first-order chi connectivity index (χ1) is 41.6. The smallest absolute Gasteiger partial charge is 0.355 e. The van der Waals surface area contributed by atoms with Crippen molar-refractivity contribution in [3.8, 4) is 11.4 Å². The van der Waals surface area contributed by atoms with E-state index in [1.54, 1.807) is 80.8 Å². The molecule has 26 heteroatoms. The van der Waals surface area contributed by atoms with E-state index in [-0.39, 0.29) is 54.5 Å². The average Bonchev–Trinajstić information content (AvgIpc) is 2.09. The zero-order chi connectivity index (χ0) is 62.3. The van der Waals surface area contributed by atoms with Crippen LogP contribution in [0, 0.1) is 5.92 Å². The lowest BCUT2D eigenvalue weighted by Crippen LogP contribution is -2.57. The monoisotopic (exact) mass is 1230 g/mol. The number of anilines is 3. The summed E-state index contributed by atoms with van der Waals surface area (Å²) in [4.78, 5) is 114. The van der Waals surface area contributed by atoms with Crippen LogP contribution >= 0.6 is 12.2 Å². The van der Waals surface area contributed by atoms with Gasteiger partial charge in [0.25, 0.3) is 5.56 Å². The summed E-state index contributed by atoms with van der Waals surface area (Å²) in [6.45, 7) is 9.26. The van der Waals surface area contributed by atoms with E-state index in [2.05, 4.69) is 41.9 Å². The number of aliphatic carboxylic acids is 1. The third-order valence-electron chi connectivity index (χ3n) is 15.6. The van der Waals surface area contributed by atoms with Gasteiger partial charge < -0.3 is 61.3 Å². The molecule has 1 fully saturated rings. The minimum Gasteiger partial charge on any atom is -0.481 e. The first-order valence-corrected chi connectivity index (χ1v) is 30.7. The Morgan fingerprint density at radius 2 is 1.63 bits per heavy atom. The molecule has 3 aromatic carbocycles. The van der Waals surface area contributed by atoms with Gasteiger partial charge in [0.05, 0.1) is 41.5 Å². The maximum Gasteiger partial charge on any atom is 0.355 e. The van der Waals surface area contributed by atoms with Crippen molar-refractivity contribution in [1.29, 1.82) is 0 Å². The molecule has 0 bridgehead atoms. The van der Waals surface area contributed by atoms with Gasteiger partial charge in [-0.3, -0.25) is 23.9 Å². The van der Waals surface area contributed by atoms with E-state index in [1.165, 1.54) is 29.2 Å². The van der Waals surface area contributed by atoms with Crippen molar-refractivity contribution in [3.05, 3.63) is 141 Å². The van der Waals surface area contributed by atoms with Gasteiger partial charge in [0.15, 0.2) is 5.11 Å². The Hall–Kier alpha value is -9.17. The molecule has 2 unspecified atom stereocenters. The largest absolute Gasteiger partial charge is 0.481 e. The third-order valence-corrected chi connectivity index (χ3v) is 17.4. The van der Waals surface area contributed by atoms with Crippen LogP contribution in [0.5, 0.6) is 0 Å². The molecule has 0 spiro atoms. The van der Waals surface area contributed by atoms with E-state index in [1.807, 2.05) is 37.3 Å². The topological polar surface area (TPSA) is 327 Å². The van der Waals surface area contributed by atoms with Gasteiger partial charge in [0.1, 0.15) is 30.0 Å². The summed E-state index contributed by atoms with van der Waals surface area (Å²) in [6.07, 6.45) is 6.66. The number of urea groups is 2. The molecule has 4 aliphatic rings. The van der Waals surface area contributed by atoms with Crippen LogP contribution in [0.1, 0.15) is 108 Å². The highest BCUT2D eigenvalue weighted by atomic mass is 32.2. The minimum absolute atomic E-state index is 0.0587. The molecule has 6 atom stereocenters. The van der Waals surface area contributed by atoms with Gasteiger partial charge in [-0.15, -0.1) is 0 Å². The Labute approximate surface area is 507 Å².